The fourth-order valence-electron chi connectivity index (χ4n) is 5.01. The third-order valence-corrected chi connectivity index (χ3v) is 7.87. The van der Waals surface area contributed by atoms with Crippen LogP contribution in [0.25, 0.3) is 16.9 Å². The first-order chi connectivity index (χ1) is 18.2. The first kappa shape index (κ1) is 23.8. The van der Waals surface area contributed by atoms with E-state index in [2.05, 4.69) is 34.3 Å². The molecule has 6 rings (SSSR count). The van der Waals surface area contributed by atoms with Crippen LogP contribution in [-0.4, -0.2) is 54.7 Å². The summed E-state index contributed by atoms with van der Waals surface area (Å²) in [6.45, 7) is 3.96. The molecule has 1 aromatic carbocycles. The Hall–Kier alpha value is -3.62. The number of thiophene rings is 1. The molecule has 1 fully saturated rings. The van der Waals surface area contributed by atoms with E-state index >= 15 is 0 Å². The zero-order valence-electron chi connectivity index (χ0n) is 20.8. The number of aryl methyl sites for hydroxylation is 1. The topological polar surface area (TPSA) is 68.3 Å². The second kappa shape index (κ2) is 10.8. The van der Waals surface area contributed by atoms with E-state index in [0.29, 0.717) is 6.42 Å². The molecule has 0 saturated carbocycles. The van der Waals surface area contributed by atoms with Crippen molar-refractivity contribution < 1.29 is 4.79 Å². The second-order valence-electron chi connectivity index (χ2n) is 9.68. The highest BCUT2D eigenvalue weighted by molar-refractivity contribution is 7.12. The van der Waals surface area contributed by atoms with Crippen LogP contribution in [0.5, 0.6) is 0 Å². The van der Waals surface area contributed by atoms with Crippen molar-refractivity contribution in [3.05, 3.63) is 94.2 Å². The van der Waals surface area contributed by atoms with Gasteiger partial charge in [0, 0.05) is 18.2 Å². The lowest BCUT2D eigenvalue weighted by atomic mass is 10.1. The summed E-state index contributed by atoms with van der Waals surface area (Å²) in [6.07, 6.45) is 9.41. The van der Waals surface area contributed by atoms with Gasteiger partial charge in [0.05, 0.1) is 16.8 Å². The van der Waals surface area contributed by atoms with Gasteiger partial charge in [0.25, 0.3) is 0 Å². The highest BCUT2D eigenvalue weighted by Crippen LogP contribution is 2.21. The fourth-order valence-corrected chi connectivity index (χ4v) is 5.66. The normalized spacial score (nSPS) is 14.1. The van der Waals surface area contributed by atoms with E-state index < -0.39 is 0 Å². The van der Waals surface area contributed by atoms with Gasteiger partial charge >= 0.3 is 0 Å². The molecule has 7 nitrogen and oxygen atoms in total. The highest BCUT2D eigenvalue weighted by atomic mass is 32.1. The molecule has 1 aliphatic heterocycles. The summed E-state index contributed by atoms with van der Waals surface area (Å²) >= 11 is 1.45. The van der Waals surface area contributed by atoms with Gasteiger partial charge in [-0.25, -0.2) is 9.50 Å². The molecular weight excluding hydrogens is 480 g/mol. The summed E-state index contributed by atoms with van der Waals surface area (Å²) in [5.41, 5.74) is 5.20. The van der Waals surface area contributed by atoms with Crippen molar-refractivity contribution in [2.24, 2.45) is 0 Å². The lowest BCUT2D eigenvalue weighted by molar-refractivity contribution is 0.0971. The summed E-state index contributed by atoms with van der Waals surface area (Å²) in [7, 11) is 0. The van der Waals surface area contributed by atoms with Crippen molar-refractivity contribution in [2.75, 3.05) is 19.6 Å². The fraction of sp³-hybridized carbons (Fsp3) is 0.310. The second-order valence-corrected chi connectivity index (χ2v) is 10.6. The number of hydrogen-bond donors (Lipinski definition) is 0. The average Bonchev–Trinajstić information content (AvgIpc) is 3.72. The molecule has 5 aromatic rings. The number of hydrogen-bond acceptors (Lipinski definition) is 6. The molecule has 0 unspecified atom stereocenters. The Kier molecular flexibility index (Phi) is 6.92. The van der Waals surface area contributed by atoms with Gasteiger partial charge in [-0.15, -0.1) is 11.3 Å². The molecule has 0 bridgehead atoms. The van der Waals surface area contributed by atoms with Gasteiger partial charge in [0.2, 0.25) is 0 Å². The van der Waals surface area contributed by atoms with Crippen LogP contribution in [0.15, 0.2) is 72.4 Å². The molecule has 4 aromatic heterocycles. The Morgan fingerprint density at radius 2 is 1.81 bits per heavy atom. The van der Waals surface area contributed by atoms with Crippen molar-refractivity contribution in [1.82, 2.24) is 29.3 Å². The van der Waals surface area contributed by atoms with E-state index in [4.69, 9.17) is 10.1 Å². The minimum atomic E-state index is 0.0588. The van der Waals surface area contributed by atoms with Crippen molar-refractivity contribution in [3.8, 4) is 11.3 Å². The molecule has 0 aliphatic carbocycles. The maximum Gasteiger partial charge on any atom is 0.194 e. The largest absolute Gasteiger partial charge is 0.303 e. The van der Waals surface area contributed by atoms with Crippen LogP contribution in [0.2, 0.25) is 0 Å². The van der Waals surface area contributed by atoms with Crippen molar-refractivity contribution in [3.63, 3.8) is 0 Å². The lowest BCUT2D eigenvalue weighted by Crippen LogP contribution is -2.20. The maximum absolute atomic E-state index is 12.5. The predicted molar refractivity (Wildman–Crippen MR) is 146 cm³/mol. The Morgan fingerprint density at radius 1 is 0.973 bits per heavy atom. The molecule has 37 heavy (non-hydrogen) atoms. The Balaban J connectivity index is 1.12. The molecule has 0 spiro atoms. The van der Waals surface area contributed by atoms with Crippen LogP contribution in [-0.2, 0) is 19.4 Å². The number of nitrogens with zero attached hydrogens (tertiary/aromatic N) is 6. The Bertz CT molecular complexity index is 1480. The van der Waals surface area contributed by atoms with Gasteiger partial charge < -0.3 is 4.90 Å². The standard InChI is InChI=1S/C29H30N6OS/c36-26(27-8-5-17-37-27)21-34-20-24(19-30-34)25-7-3-9-29-31-28(32-35(25)29)18-23-12-10-22(11-13-23)6-4-16-33-14-1-2-15-33/h3,5,7-13,17,19-20H,1-2,4,6,14-16,18,21H2. The minimum absolute atomic E-state index is 0.0588. The summed E-state index contributed by atoms with van der Waals surface area (Å²) in [5, 5.41) is 11.1. The van der Waals surface area contributed by atoms with Gasteiger partial charge in [0.1, 0.15) is 6.54 Å². The first-order valence-electron chi connectivity index (χ1n) is 13.0. The molecule has 188 valence electrons. The van der Waals surface area contributed by atoms with E-state index in [9.17, 15) is 4.79 Å². The van der Waals surface area contributed by atoms with Crippen LogP contribution in [0.1, 0.15) is 45.9 Å². The number of fused-ring (bicyclic) bond motifs is 1. The van der Waals surface area contributed by atoms with Crippen LogP contribution in [0.4, 0.5) is 0 Å². The summed E-state index contributed by atoms with van der Waals surface area (Å²) < 4.78 is 3.55. The monoisotopic (exact) mass is 510 g/mol. The van der Waals surface area contributed by atoms with Crippen LogP contribution in [0.3, 0.4) is 0 Å². The molecule has 0 amide bonds. The Labute approximate surface area is 220 Å². The third-order valence-electron chi connectivity index (χ3n) is 6.96. The van der Waals surface area contributed by atoms with Gasteiger partial charge in [-0.1, -0.05) is 36.4 Å². The molecule has 0 N–H and O–H groups in total. The van der Waals surface area contributed by atoms with Gasteiger partial charge in [-0.05, 0) is 80.0 Å². The van der Waals surface area contributed by atoms with Crippen LogP contribution < -0.4 is 0 Å². The zero-order chi connectivity index (χ0) is 25.0. The Morgan fingerprint density at radius 3 is 2.62 bits per heavy atom. The molecule has 1 aliphatic rings. The molecular formula is C29H30N6OS. The van der Waals surface area contributed by atoms with Crippen LogP contribution >= 0.6 is 11.3 Å². The van der Waals surface area contributed by atoms with Crippen LogP contribution in [0, 0.1) is 0 Å². The third kappa shape index (κ3) is 5.55. The average molecular weight is 511 g/mol. The van der Waals surface area contributed by atoms with E-state index in [0.717, 1.165) is 34.0 Å². The predicted octanol–water partition coefficient (Wildman–Crippen LogP) is 5.16. The number of aromatic nitrogens is 5. The SMILES string of the molecule is O=C(Cn1cc(-c2cccc3nc(Cc4ccc(CCCN5CCCC5)cc4)nn23)cn1)c1cccs1. The van der Waals surface area contributed by atoms with Gasteiger partial charge in [-0.2, -0.15) is 10.2 Å². The molecule has 8 heteroatoms. The van der Waals surface area contributed by atoms with Gasteiger partial charge in [0.15, 0.2) is 17.3 Å². The van der Waals surface area contributed by atoms with Crippen molar-refractivity contribution >= 4 is 22.8 Å². The molecule has 1 saturated heterocycles. The lowest BCUT2D eigenvalue weighted by Gasteiger charge is -2.13. The number of pyridine rings is 1. The van der Waals surface area contributed by atoms with Crippen molar-refractivity contribution in [2.45, 2.75) is 38.6 Å². The number of Topliss-reactive ketones (excluding diaryl/α,β-unsaturated/α-hetero) is 1. The number of likely N-dealkylation sites (tertiary alicyclic amines) is 1. The van der Waals surface area contributed by atoms with E-state index in [1.807, 2.05) is 46.4 Å². The zero-order valence-corrected chi connectivity index (χ0v) is 21.6. The number of benzene rings is 1. The van der Waals surface area contributed by atoms with Gasteiger partial charge in [-0.3, -0.25) is 9.48 Å². The van der Waals surface area contributed by atoms with E-state index in [1.54, 1.807) is 10.9 Å². The van der Waals surface area contributed by atoms with E-state index in [-0.39, 0.29) is 12.3 Å². The number of carbonyl (C=O) groups is 1. The number of rotatable bonds is 10. The maximum atomic E-state index is 12.5. The molecule has 0 atom stereocenters. The summed E-state index contributed by atoms with van der Waals surface area (Å²) in [6, 6.07) is 18.6. The molecule has 5 heterocycles. The highest BCUT2D eigenvalue weighted by Gasteiger charge is 2.14. The number of carbonyl (C=O) groups excluding carboxylic acids is 1. The first-order valence-corrected chi connectivity index (χ1v) is 13.8. The minimum Gasteiger partial charge on any atom is -0.303 e. The summed E-state index contributed by atoms with van der Waals surface area (Å²) in [4.78, 5) is 20.5. The smallest absolute Gasteiger partial charge is 0.194 e. The van der Waals surface area contributed by atoms with Crippen molar-refractivity contribution in [1.29, 1.82) is 0 Å². The summed E-state index contributed by atoms with van der Waals surface area (Å²) in [5.74, 6) is 0.845. The molecule has 0 radical (unpaired) electrons. The quantitative estimate of drug-likeness (QED) is 0.243. The number of ketones is 1. The van der Waals surface area contributed by atoms with E-state index in [1.165, 1.54) is 61.4 Å².